The fourth-order valence-electron chi connectivity index (χ4n) is 4.08. The second kappa shape index (κ2) is 10.0. The van der Waals surface area contributed by atoms with Crippen LogP contribution in [0.3, 0.4) is 0 Å². The highest BCUT2D eigenvalue weighted by atomic mass is 16.5. The highest BCUT2D eigenvalue weighted by Crippen LogP contribution is 2.18. The summed E-state index contributed by atoms with van der Waals surface area (Å²) in [5.74, 6) is 1.65. The zero-order valence-corrected chi connectivity index (χ0v) is 16.7. The number of hydrogen-bond acceptors (Lipinski definition) is 5. The number of hydrogen-bond donors (Lipinski definition) is 1. The van der Waals surface area contributed by atoms with Crippen molar-refractivity contribution in [3.63, 3.8) is 0 Å². The summed E-state index contributed by atoms with van der Waals surface area (Å²) < 4.78 is 6.00. The Morgan fingerprint density at radius 2 is 1.71 bits per heavy atom. The van der Waals surface area contributed by atoms with E-state index in [1.54, 1.807) is 0 Å². The molecule has 1 aromatic heterocycles. The third kappa shape index (κ3) is 5.77. The van der Waals surface area contributed by atoms with Gasteiger partial charge >= 0.3 is 0 Å². The summed E-state index contributed by atoms with van der Waals surface area (Å²) in [5.41, 5.74) is 2.67. The van der Waals surface area contributed by atoms with Crippen LogP contribution in [0.2, 0.25) is 0 Å². The van der Waals surface area contributed by atoms with E-state index < -0.39 is 0 Å². The number of aromatic nitrogens is 1. The van der Waals surface area contributed by atoms with Gasteiger partial charge in [-0.15, -0.1) is 0 Å². The predicted octanol–water partition coefficient (Wildman–Crippen LogP) is 2.78. The summed E-state index contributed by atoms with van der Waals surface area (Å²) in [6.45, 7) is 9.56. The number of ether oxygens (including phenoxy) is 1. The van der Waals surface area contributed by atoms with Gasteiger partial charge in [-0.2, -0.15) is 0 Å². The molecule has 0 radical (unpaired) electrons. The Kier molecular flexibility index (Phi) is 6.92. The lowest BCUT2D eigenvalue weighted by Crippen LogP contribution is -2.45. The van der Waals surface area contributed by atoms with Crippen LogP contribution in [0.15, 0.2) is 48.8 Å². The molecule has 1 atom stereocenters. The molecule has 2 aliphatic rings. The lowest BCUT2D eigenvalue weighted by atomic mass is 10.0. The Bertz CT molecular complexity index is 692. The van der Waals surface area contributed by atoms with Gasteiger partial charge in [-0.25, -0.2) is 0 Å². The lowest BCUT2D eigenvalue weighted by Gasteiger charge is -2.34. The van der Waals surface area contributed by atoms with Gasteiger partial charge in [-0.3, -0.25) is 14.8 Å². The molecule has 1 N–H and O–H groups in total. The minimum Gasteiger partial charge on any atom is -0.493 e. The van der Waals surface area contributed by atoms with Gasteiger partial charge < -0.3 is 10.1 Å². The number of nitrogens with zero attached hydrogens (tertiary/aromatic N) is 3. The van der Waals surface area contributed by atoms with Crippen molar-refractivity contribution in [2.24, 2.45) is 5.92 Å². The highest BCUT2D eigenvalue weighted by Gasteiger charge is 2.17. The summed E-state index contributed by atoms with van der Waals surface area (Å²) in [7, 11) is 0. The molecule has 1 unspecified atom stereocenters. The van der Waals surface area contributed by atoms with Gasteiger partial charge in [0.05, 0.1) is 6.61 Å². The van der Waals surface area contributed by atoms with E-state index in [1.807, 2.05) is 18.5 Å². The van der Waals surface area contributed by atoms with E-state index in [0.717, 1.165) is 64.7 Å². The molecule has 0 spiro atoms. The summed E-state index contributed by atoms with van der Waals surface area (Å²) >= 11 is 0. The van der Waals surface area contributed by atoms with Crippen molar-refractivity contribution in [2.45, 2.75) is 25.9 Å². The first-order chi connectivity index (χ1) is 13.8. The second-order valence-electron chi connectivity index (χ2n) is 8.08. The van der Waals surface area contributed by atoms with Crippen molar-refractivity contribution in [3.8, 4) is 5.75 Å². The largest absolute Gasteiger partial charge is 0.493 e. The third-order valence-corrected chi connectivity index (χ3v) is 5.81. The molecule has 0 aliphatic carbocycles. The number of piperidine rings is 1. The molecule has 3 heterocycles. The zero-order chi connectivity index (χ0) is 19.0. The summed E-state index contributed by atoms with van der Waals surface area (Å²) in [6.07, 6.45) is 6.35. The molecule has 0 bridgehead atoms. The number of nitrogens with one attached hydrogen (secondary N) is 1. The topological polar surface area (TPSA) is 40.6 Å². The van der Waals surface area contributed by atoms with E-state index in [1.165, 1.54) is 24.0 Å². The Morgan fingerprint density at radius 3 is 2.36 bits per heavy atom. The number of rotatable bonds is 7. The quantitative estimate of drug-likeness (QED) is 0.800. The fourth-order valence-corrected chi connectivity index (χ4v) is 4.08. The first-order valence-corrected chi connectivity index (χ1v) is 10.6. The summed E-state index contributed by atoms with van der Waals surface area (Å²) in [5, 5.41) is 3.45. The first kappa shape index (κ1) is 19.4. The molecule has 2 saturated heterocycles. The Hall–Kier alpha value is -1.95. The molecule has 0 saturated carbocycles. The van der Waals surface area contributed by atoms with E-state index in [0.29, 0.717) is 5.92 Å². The Labute approximate surface area is 168 Å². The number of benzene rings is 1. The molecular weight excluding hydrogens is 348 g/mol. The van der Waals surface area contributed by atoms with Crippen molar-refractivity contribution >= 4 is 0 Å². The SMILES string of the molecule is c1cncc(CN2CCN(Cc3ccc(OCC4CCCNC4)cc3)CC2)c1. The van der Waals surface area contributed by atoms with Crippen molar-refractivity contribution in [3.05, 3.63) is 59.9 Å². The zero-order valence-electron chi connectivity index (χ0n) is 16.7. The average molecular weight is 381 g/mol. The van der Waals surface area contributed by atoms with Crippen molar-refractivity contribution < 1.29 is 4.74 Å². The minimum absolute atomic E-state index is 0.649. The van der Waals surface area contributed by atoms with Crippen LogP contribution in [0.5, 0.6) is 5.75 Å². The maximum Gasteiger partial charge on any atom is 0.119 e. The fraction of sp³-hybridized carbons (Fsp3) is 0.522. The Morgan fingerprint density at radius 1 is 0.964 bits per heavy atom. The standard InChI is InChI=1S/C23H32N4O/c1-3-21(15-24-9-1)18-27-13-11-26(12-14-27)17-20-5-7-23(8-6-20)28-19-22-4-2-10-25-16-22/h1,3,5-9,15,22,25H,2,4,10-14,16-19H2. The van der Waals surface area contributed by atoms with E-state index in [2.05, 4.69) is 50.4 Å². The van der Waals surface area contributed by atoms with E-state index >= 15 is 0 Å². The van der Waals surface area contributed by atoms with Crippen LogP contribution < -0.4 is 10.1 Å². The normalized spacial score (nSPS) is 21.5. The lowest BCUT2D eigenvalue weighted by molar-refractivity contribution is 0.122. The van der Waals surface area contributed by atoms with Crippen molar-refractivity contribution in [1.82, 2.24) is 20.1 Å². The highest BCUT2D eigenvalue weighted by molar-refractivity contribution is 5.27. The summed E-state index contributed by atoms with van der Waals surface area (Å²) in [4.78, 5) is 9.28. The molecule has 0 amide bonds. The van der Waals surface area contributed by atoms with Gasteiger partial charge in [0, 0.05) is 64.1 Å². The van der Waals surface area contributed by atoms with Crippen LogP contribution in [0.4, 0.5) is 0 Å². The van der Waals surface area contributed by atoms with Gasteiger partial charge in [0.15, 0.2) is 0 Å². The monoisotopic (exact) mass is 380 g/mol. The van der Waals surface area contributed by atoms with Crippen LogP contribution in [0.1, 0.15) is 24.0 Å². The van der Waals surface area contributed by atoms with Crippen LogP contribution in [0.25, 0.3) is 0 Å². The molecule has 2 fully saturated rings. The van der Waals surface area contributed by atoms with E-state index in [4.69, 9.17) is 4.74 Å². The summed E-state index contributed by atoms with van der Waals surface area (Å²) in [6, 6.07) is 12.9. The van der Waals surface area contributed by atoms with E-state index in [9.17, 15) is 0 Å². The van der Waals surface area contributed by atoms with Crippen molar-refractivity contribution in [1.29, 1.82) is 0 Å². The molecule has 28 heavy (non-hydrogen) atoms. The maximum absolute atomic E-state index is 6.00. The first-order valence-electron chi connectivity index (χ1n) is 10.6. The van der Waals surface area contributed by atoms with Crippen molar-refractivity contribution in [2.75, 3.05) is 45.9 Å². The molecular formula is C23H32N4O. The van der Waals surface area contributed by atoms with Gasteiger partial charge in [0.1, 0.15) is 5.75 Å². The molecule has 2 aliphatic heterocycles. The molecule has 5 heteroatoms. The van der Waals surface area contributed by atoms with Gasteiger partial charge in [0.25, 0.3) is 0 Å². The number of pyridine rings is 1. The number of piperazine rings is 1. The second-order valence-corrected chi connectivity index (χ2v) is 8.08. The predicted molar refractivity (Wildman–Crippen MR) is 112 cm³/mol. The minimum atomic E-state index is 0.649. The van der Waals surface area contributed by atoms with E-state index in [-0.39, 0.29) is 0 Å². The molecule has 150 valence electrons. The van der Waals surface area contributed by atoms with Gasteiger partial charge in [0.2, 0.25) is 0 Å². The van der Waals surface area contributed by atoms with Crippen LogP contribution in [-0.4, -0.2) is 60.7 Å². The molecule has 4 rings (SSSR count). The van der Waals surface area contributed by atoms with Gasteiger partial charge in [-0.05, 0) is 48.7 Å². The van der Waals surface area contributed by atoms with Crippen LogP contribution in [0, 0.1) is 5.92 Å². The maximum atomic E-state index is 6.00. The molecule has 1 aromatic carbocycles. The smallest absolute Gasteiger partial charge is 0.119 e. The van der Waals surface area contributed by atoms with Crippen LogP contribution >= 0.6 is 0 Å². The third-order valence-electron chi connectivity index (χ3n) is 5.81. The van der Waals surface area contributed by atoms with Gasteiger partial charge in [-0.1, -0.05) is 18.2 Å². The average Bonchev–Trinajstić information content (AvgIpc) is 2.76. The molecule has 5 nitrogen and oxygen atoms in total. The molecule has 2 aromatic rings. The van der Waals surface area contributed by atoms with Crippen LogP contribution in [-0.2, 0) is 13.1 Å². The Balaban J connectivity index is 1.18.